The standard InChI is InChI=1S/C15H19NS2/c1-11-6-8-12(9-7-11)10-17-15-16-13-4-2-3-5-14(13)18-15/h2-5,11-12H,6-10H2,1H3. The zero-order valence-corrected chi connectivity index (χ0v) is 12.4. The fraction of sp³-hybridized carbons (Fsp3) is 0.533. The van der Waals surface area contributed by atoms with E-state index in [0.717, 1.165) is 17.4 Å². The smallest absolute Gasteiger partial charge is 0.151 e. The molecule has 1 fully saturated rings. The average molecular weight is 277 g/mol. The lowest BCUT2D eigenvalue weighted by Gasteiger charge is -2.25. The highest BCUT2D eigenvalue weighted by atomic mass is 32.2. The predicted octanol–water partition coefficient (Wildman–Crippen LogP) is 5.21. The van der Waals surface area contributed by atoms with Gasteiger partial charge in [0.1, 0.15) is 0 Å². The highest BCUT2D eigenvalue weighted by Gasteiger charge is 2.18. The van der Waals surface area contributed by atoms with E-state index >= 15 is 0 Å². The van der Waals surface area contributed by atoms with Gasteiger partial charge in [0.2, 0.25) is 0 Å². The van der Waals surface area contributed by atoms with Gasteiger partial charge in [-0.05, 0) is 36.8 Å². The number of para-hydroxylation sites is 1. The molecular formula is C15H19NS2. The van der Waals surface area contributed by atoms with E-state index in [1.165, 1.54) is 40.5 Å². The summed E-state index contributed by atoms with van der Waals surface area (Å²) >= 11 is 3.80. The van der Waals surface area contributed by atoms with Crippen LogP contribution < -0.4 is 0 Å². The van der Waals surface area contributed by atoms with Crippen LogP contribution in [0.25, 0.3) is 10.2 Å². The molecule has 1 aliphatic rings. The van der Waals surface area contributed by atoms with Crippen LogP contribution in [0.1, 0.15) is 32.6 Å². The molecule has 3 heteroatoms. The summed E-state index contributed by atoms with van der Waals surface area (Å²) in [6.07, 6.45) is 5.67. The van der Waals surface area contributed by atoms with Crippen molar-refractivity contribution in [1.82, 2.24) is 4.98 Å². The van der Waals surface area contributed by atoms with Gasteiger partial charge in [-0.25, -0.2) is 4.98 Å². The molecule has 3 rings (SSSR count). The molecule has 1 aromatic carbocycles. The summed E-state index contributed by atoms with van der Waals surface area (Å²) in [6.45, 7) is 2.39. The van der Waals surface area contributed by atoms with Crippen molar-refractivity contribution in [2.75, 3.05) is 5.75 Å². The van der Waals surface area contributed by atoms with Crippen molar-refractivity contribution in [3.05, 3.63) is 24.3 Å². The largest absolute Gasteiger partial charge is 0.230 e. The molecule has 1 nitrogen and oxygen atoms in total. The van der Waals surface area contributed by atoms with E-state index in [1.54, 1.807) is 0 Å². The number of aromatic nitrogens is 1. The predicted molar refractivity (Wildman–Crippen MR) is 81.5 cm³/mol. The molecule has 1 aliphatic carbocycles. The molecule has 0 bridgehead atoms. The van der Waals surface area contributed by atoms with Gasteiger partial charge >= 0.3 is 0 Å². The zero-order chi connectivity index (χ0) is 12.4. The number of thioether (sulfide) groups is 1. The van der Waals surface area contributed by atoms with Crippen LogP contribution in [-0.4, -0.2) is 10.7 Å². The number of benzene rings is 1. The first-order valence-electron chi connectivity index (χ1n) is 6.79. The van der Waals surface area contributed by atoms with E-state index in [4.69, 9.17) is 4.98 Å². The maximum atomic E-state index is 4.69. The lowest BCUT2D eigenvalue weighted by atomic mass is 9.84. The fourth-order valence-electron chi connectivity index (χ4n) is 2.60. The molecule has 0 unspecified atom stereocenters. The highest BCUT2D eigenvalue weighted by Crippen LogP contribution is 2.35. The second-order valence-corrected chi connectivity index (χ2v) is 7.68. The van der Waals surface area contributed by atoms with Crippen molar-refractivity contribution >= 4 is 33.3 Å². The van der Waals surface area contributed by atoms with Gasteiger partial charge in [0.15, 0.2) is 4.34 Å². The Morgan fingerprint density at radius 2 is 2.00 bits per heavy atom. The molecule has 2 aromatic rings. The Labute approximate surface area is 117 Å². The summed E-state index contributed by atoms with van der Waals surface area (Å²) < 4.78 is 2.56. The summed E-state index contributed by atoms with van der Waals surface area (Å²) in [4.78, 5) is 4.69. The number of thiazole rings is 1. The first-order chi connectivity index (χ1) is 8.81. The zero-order valence-electron chi connectivity index (χ0n) is 10.8. The third-order valence-corrected chi connectivity index (χ3v) is 6.26. The average Bonchev–Trinajstić information content (AvgIpc) is 2.81. The van der Waals surface area contributed by atoms with Gasteiger partial charge < -0.3 is 0 Å². The highest BCUT2D eigenvalue weighted by molar-refractivity contribution is 8.01. The molecule has 0 atom stereocenters. The lowest BCUT2D eigenvalue weighted by Crippen LogP contribution is -2.13. The Morgan fingerprint density at radius 1 is 1.22 bits per heavy atom. The summed E-state index contributed by atoms with van der Waals surface area (Å²) in [6, 6.07) is 8.44. The molecule has 0 radical (unpaired) electrons. The molecule has 0 saturated heterocycles. The first-order valence-corrected chi connectivity index (χ1v) is 8.60. The Morgan fingerprint density at radius 3 is 2.78 bits per heavy atom. The van der Waals surface area contributed by atoms with E-state index in [2.05, 4.69) is 31.2 Å². The third kappa shape index (κ3) is 2.89. The van der Waals surface area contributed by atoms with Gasteiger partial charge in [-0.15, -0.1) is 11.3 Å². The quantitative estimate of drug-likeness (QED) is 0.714. The van der Waals surface area contributed by atoms with Gasteiger partial charge in [-0.2, -0.15) is 0 Å². The number of rotatable bonds is 3. The van der Waals surface area contributed by atoms with Crippen LogP contribution in [0.3, 0.4) is 0 Å². The van der Waals surface area contributed by atoms with E-state index in [-0.39, 0.29) is 0 Å². The summed E-state index contributed by atoms with van der Waals surface area (Å²) in [7, 11) is 0. The van der Waals surface area contributed by atoms with Crippen molar-refractivity contribution in [2.45, 2.75) is 36.9 Å². The van der Waals surface area contributed by atoms with Crippen LogP contribution in [0.15, 0.2) is 28.6 Å². The molecule has 1 saturated carbocycles. The maximum absolute atomic E-state index is 4.69. The maximum Gasteiger partial charge on any atom is 0.151 e. The van der Waals surface area contributed by atoms with Crippen molar-refractivity contribution in [3.8, 4) is 0 Å². The number of fused-ring (bicyclic) bond motifs is 1. The van der Waals surface area contributed by atoms with E-state index in [0.29, 0.717) is 0 Å². The third-order valence-electron chi connectivity index (χ3n) is 3.85. The molecule has 1 heterocycles. The minimum atomic E-state index is 0.915. The minimum Gasteiger partial charge on any atom is -0.230 e. The molecule has 18 heavy (non-hydrogen) atoms. The van der Waals surface area contributed by atoms with Crippen LogP contribution in [0, 0.1) is 11.8 Å². The normalized spacial score (nSPS) is 24.5. The topological polar surface area (TPSA) is 12.9 Å². The van der Waals surface area contributed by atoms with Gasteiger partial charge in [0, 0.05) is 5.75 Å². The Kier molecular flexibility index (Phi) is 3.90. The van der Waals surface area contributed by atoms with Gasteiger partial charge in [-0.3, -0.25) is 0 Å². The van der Waals surface area contributed by atoms with Crippen LogP contribution >= 0.6 is 23.1 Å². The monoisotopic (exact) mass is 277 g/mol. The summed E-state index contributed by atoms with van der Waals surface area (Å²) in [5.41, 5.74) is 1.15. The molecule has 0 N–H and O–H groups in total. The van der Waals surface area contributed by atoms with Crippen molar-refractivity contribution < 1.29 is 0 Å². The molecule has 0 aliphatic heterocycles. The minimum absolute atomic E-state index is 0.915. The first kappa shape index (κ1) is 12.5. The van der Waals surface area contributed by atoms with E-state index in [1.807, 2.05) is 23.1 Å². The summed E-state index contributed by atoms with van der Waals surface area (Å²) in [5, 5.41) is 0. The molecule has 0 amide bonds. The molecular weight excluding hydrogens is 258 g/mol. The number of hydrogen-bond donors (Lipinski definition) is 0. The van der Waals surface area contributed by atoms with E-state index < -0.39 is 0 Å². The van der Waals surface area contributed by atoms with Crippen LogP contribution in [0.2, 0.25) is 0 Å². The van der Waals surface area contributed by atoms with Gasteiger partial charge in [-0.1, -0.05) is 43.7 Å². The van der Waals surface area contributed by atoms with Crippen molar-refractivity contribution in [1.29, 1.82) is 0 Å². The SMILES string of the molecule is CC1CCC(CSc2nc3ccccc3s2)CC1. The van der Waals surface area contributed by atoms with Crippen molar-refractivity contribution in [3.63, 3.8) is 0 Å². The van der Waals surface area contributed by atoms with Crippen LogP contribution in [-0.2, 0) is 0 Å². The number of nitrogens with zero attached hydrogens (tertiary/aromatic N) is 1. The Hall–Kier alpha value is -0.540. The second-order valence-electron chi connectivity index (χ2n) is 5.38. The lowest BCUT2D eigenvalue weighted by molar-refractivity contribution is 0.311. The van der Waals surface area contributed by atoms with E-state index in [9.17, 15) is 0 Å². The Bertz CT molecular complexity index is 479. The summed E-state index contributed by atoms with van der Waals surface area (Å²) in [5.74, 6) is 3.12. The van der Waals surface area contributed by atoms with Crippen LogP contribution in [0.5, 0.6) is 0 Å². The second kappa shape index (κ2) is 5.62. The molecule has 1 aromatic heterocycles. The molecule has 96 valence electrons. The van der Waals surface area contributed by atoms with Crippen LogP contribution in [0.4, 0.5) is 0 Å². The van der Waals surface area contributed by atoms with Gasteiger partial charge in [0.05, 0.1) is 10.2 Å². The molecule has 0 spiro atoms. The Balaban J connectivity index is 1.59. The van der Waals surface area contributed by atoms with Crippen molar-refractivity contribution in [2.24, 2.45) is 11.8 Å². The number of hydrogen-bond acceptors (Lipinski definition) is 3. The fourth-order valence-corrected chi connectivity index (χ4v) is 4.88. The van der Waals surface area contributed by atoms with Gasteiger partial charge in [0.25, 0.3) is 0 Å².